The van der Waals surface area contributed by atoms with E-state index in [1.54, 1.807) is 0 Å². The first kappa shape index (κ1) is 16.2. The zero-order chi connectivity index (χ0) is 15.3. The summed E-state index contributed by atoms with van der Waals surface area (Å²) < 4.78 is 5.41. The lowest BCUT2D eigenvalue weighted by atomic mass is 10.0. The van der Waals surface area contributed by atoms with Gasteiger partial charge in [-0.05, 0) is 44.6 Å². The molecule has 1 saturated heterocycles. The van der Waals surface area contributed by atoms with Gasteiger partial charge in [-0.2, -0.15) is 0 Å². The lowest BCUT2D eigenvalue weighted by Crippen LogP contribution is -2.55. The fraction of sp³-hybridized carbons (Fsp3) is 0.562. The molecule has 0 spiro atoms. The highest BCUT2D eigenvalue weighted by Gasteiger charge is 2.28. The Bertz CT molecular complexity index is 484. The number of aryl methyl sites for hydroxylation is 1. The summed E-state index contributed by atoms with van der Waals surface area (Å²) in [6.45, 7) is 10.9. The van der Waals surface area contributed by atoms with E-state index < -0.39 is 0 Å². The zero-order valence-corrected chi connectivity index (χ0v) is 13.9. The fourth-order valence-corrected chi connectivity index (χ4v) is 2.64. The molecule has 1 heterocycles. The monoisotopic (exact) mass is 307 g/mol. The van der Waals surface area contributed by atoms with Crippen molar-refractivity contribution in [1.82, 2.24) is 10.2 Å². The summed E-state index contributed by atoms with van der Waals surface area (Å²) in [5.41, 5.74) is 2.30. The van der Waals surface area contributed by atoms with Crippen LogP contribution in [0.5, 0.6) is 0 Å². The number of thiocarbonyl (C=S) groups is 1. The summed E-state index contributed by atoms with van der Waals surface area (Å²) in [6.07, 6.45) is 0. The highest BCUT2D eigenvalue weighted by Crippen LogP contribution is 2.16. The Morgan fingerprint density at radius 1 is 1.29 bits per heavy atom. The van der Waals surface area contributed by atoms with E-state index >= 15 is 0 Å². The number of hydrogen-bond donors (Lipinski definition) is 2. The van der Waals surface area contributed by atoms with Crippen LogP contribution < -0.4 is 10.6 Å². The van der Waals surface area contributed by atoms with Crippen molar-refractivity contribution in [3.05, 3.63) is 29.8 Å². The highest BCUT2D eigenvalue weighted by molar-refractivity contribution is 7.80. The molecule has 0 amide bonds. The zero-order valence-electron chi connectivity index (χ0n) is 13.1. The SMILES string of the molecule is Cc1ccccc1NC(=S)NCC(C)(C)N1CCOCC1. The number of nitrogens with one attached hydrogen (secondary N) is 2. The molecule has 1 fully saturated rings. The van der Waals surface area contributed by atoms with Gasteiger partial charge in [-0.1, -0.05) is 18.2 Å². The second-order valence-corrected chi connectivity index (χ2v) is 6.44. The third-order valence-corrected chi connectivity index (χ3v) is 4.19. The van der Waals surface area contributed by atoms with Crippen molar-refractivity contribution in [1.29, 1.82) is 0 Å². The number of ether oxygens (including phenoxy) is 1. The Labute approximate surface area is 132 Å². The Morgan fingerprint density at radius 3 is 2.62 bits per heavy atom. The summed E-state index contributed by atoms with van der Waals surface area (Å²) in [4.78, 5) is 2.44. The number of nitrogens with zero attached hydrogens (tertiary/aromatic N) is 1. The average Bonchev–Trinajstić information content (AvgIpc) is 2.49. The molecule has 0 unspecified atom stereocenters. The summed E-state index contributed by atoms with van der Waals surface area (Å²) >= 11 is 5.40. The van der Waals surface area contributed by atoms with Gasteiger partial charge >= 0.3 is 0 Å². The summed E-state index contributed by atoms with van der Waals surface area (Å²) in [7, 11) is 0. The smallest absolute Gasteiger partial charge is 0.170 e. The molecule has 0 radical (unpaired) electrons. The standard InChI is InChI=1S/C16H25N3OS/c1-13-6-4-5-7-14(13)18-15(21)17-12-16(2,3)19-8-10-20-11-9-19/h4-7H,8-12H2,1-3H3,(H2,17,18,21). The van der Waals surface area contributed by atoms with Gasteiger partial charge in [-0.15, -0.1) is 0 Å². The van der Waals surface area contributed by atoms with E-state index in [4.69, 9.17) is 17.0 Å². The number of benzene rings is 1. The fourth-order valence-electron chi connectivity index (χ4n) is 2.46. The molecule has 1 aliphatic heterocycles. The third-order valence-electron chi connectivity index (χ3n) is 3.94. The van der Waals surface area contributed by atoms with Crippen molar-refractivity contribution >= 4 is 23.0 Å². The van der Waals surface area contributed by atoms with Gasteiger partial charge in [0.05, 0.1) is 13.2 Å². The van der Waals surface area contributed by atoms with Gasteiger partial charge in [-0.25, -0.2) is 0 Å². The molecule has 0 saturated carbocycles. The van der Waals surface area contributed by atoms with Gasteiger partial charge in [0, 0.05) is 30.9 Å². The lowest BCUT2D eigenvalue weighted by Gasteiger charge is -2.41. The maximum absolute atomic E-state index is 5.41. The molecule has 21 heavy (non-hydrogen) atoms. The minimum atomic E-state index is 0.0568. The van der Waals surface area contributed by atoms with Gasteiger partial charge < -0.3 is 15.4 Å². The molecular formula is C16H25N3OS. The summed E-state index contributed by atoms with van der Waals surface area (Å²) in [6, 6.07) is 8.15. The van der Waals surface area contributed by atoms with Crippen LogP contribution in [-0.4, -0.2) is 48.4 Å². The first-order valence-electron chi connectivity index (χ1n) is 7.42. The van der Waals surface area contributed by atoms with Gasteiger partial charge in [0.15, 0.2) is 5.11 Å². The lowest BCUT2D eigenvalue weighted by molar-refractivity contribution is -0.00823. The maximum atomic E-state index is 5.41. The second-order valence-electron chi connectivity index (χ2n) is 6.03. The molecular weight excluding hydrogens is 282 g/mol. The molecule has 116 valence electrons. The van der Waals surface area contributed by atoms with E-state index in [-0.39, 0.29) is 5.54 Å². The Morgan fingerprint density at radius 2 is 1.95 bits per heavy atom. The molecule has 2 rings (SSSR count). The number of rotatable bonds is 4. The van der Waals surface area contributed by atoms with Gasteiger partial charge in [0.2, 0.25) is 0 Å². The Hall–Kier alpha value is -1.17. The van der Waals surface area contributed by atoms with Crippen LogP contribution in [0.2, 0.25) is 0 Å². The largest absolute Gasteiger partial charge is 0.379 e. The predicted molar refractivity (Wildman–Crippen MR) is 91.9 cm³/mol. The minimum Gasteiger partial charge on any atom is -0.379 e. The maximum Gasteiger partial charge on any atom is 0.170 e. The quantitative estimate of drug-likeness (QED) is 0.836. The Kier molecular flexibility index (Phi) is 5.56. The van der Waals surface area contributed by atoms with Crippen molar-refractivity contribution in [2.75, 3.05) is 38.2 Å². The third kappa shape index (κ3) is 4.66. The number of anilines is 1. The van der Waals surface area contributed by atoms with Crippen LogP contribution in [0.4, 0.5) is 5.69 Å². The van der Waals surface area contributed by atoms with Crippen LogP contribution in [0.25, 0.3) is 0 Å². The van der Waals surface area contributed by atoms with Gasteiger partial charge in [0.25, 0.3) is 0 Å². The van der Waals surface area contributed by atoms with E-state index in [1.807, 2.05) is 18.2 Å². The number of hydrogen-bond acceptors (Lipinski definition) is 3. The highest BCUT2D eigenvalue weighted by atomic mass is 32.1. The van der Waals surface area contributed by atoms with E-state index in [0.29, 0.717) is 5.11 Å². The minimum absolute atomic E-state index is 0.0568. The Balaban J connectivity index is 1.84. The normalized spacial score (nSPS) is 16.5. The van der Waals surface area contributed by atoms with Crippen LogP contribution >= 0.6 is 12.2 Å². The molecule has 0 bridgehead atoms. The molecule has 2 N–H and O–H groups in total. The van der Waals surface area contributed by atoms with Gasteiger partial charge in [0.1, 0.15) is 0 Å². The summed E-state index contributed by atoms with van der Waals surface area (Å²) in [5, 5.41) is 7.27. The van der Waals surface area contributed by atoms with Gasteiger partial charge in [-0.3, -0.25) is 4.90 Å². The van der Waals surface area contributed by atoms with Crippen LogP contribution in [0.15, 0.2) is 24.3 Å². The van der Waals surface area contributed by atoms with Crippen LogP contribution in [0, 0.1) is 6.92 Å². The predicted octanol–water partition coefficient (Wildman–Crippen LogP) is 2.39. The van der Waals surface area contributed by atoms with Crippen LogP contribution in [-0.2, 0) is 4.74 Å². The van der Waals surface area contributed by atoms with E-state index in [9.17, 15) is 0 Å². The molecule has 1 aromatic carbocycles. The van der Waals surface area contributed by atoms with Crippen LogP contribution in [0.1, 0.15) is 19.4 Å². The average molecular weight is 307 g/mol. The van der Waals surface area contributed by atoms with Crippen molar-refractivity contribution < 1.29 is 4.74 Å². The summed E-state index contributed by atoms with van der Waals surface area (Å²) in [5.74, 6) is 0. The van der Waals surface area contributed by atoms with Crippen molar-refractivity contribution in [2.24, 2.45) is 0 Å². The van der Waals surface area contributed by atoms with E-state index in [2.05, 4.69) is 42.4 Å². The van der Waals surface area contributed by atoms with E-state index in [1.165, 1.54) is 5.56 Å². The molecule has 5 heteroatoms. The first-order chi connectivity index (χ1) is 9.99. The van der Waals surface area contributed by atoms with Crippen molar-refractivity contribution in [2.45, 2.75) is 26.3 Å². The molecule has 1 aromatic rings. The molecule has 1 aliphatic rings. The number of para-hydroxylation sites is 1. The number of morpholine rings is 1. The second kappa shape index (κ2) is 7.20. The van der Waals surface area contributed by atoms with Crippen molar-refractivity contribution in [3.8, 4) is 0 Å². The van der Waals surface area contributed by atoms with E-state index in [0.717, 1.165) is 38.5 Å². The molecule has 0 atom stereocenters. The topological polar surface area (TPSA) is 36.5 Å². The molecule has 4 nitrogen and oxygen atoms in total. The molecule has 0 aliphatic carbocycles. The first-order valence-corrected chi connectivity index (χ1v) is 7.83. The van der Waals surface area contributed by atoms with Crippen LogP contribution in [0.3, 0.4) is 0 Å². The van der Waals surface area contributed by atoms with Crippen molar-refractivity contribution in [3.63, 3.8) is 0 Å². The molecule has 0 aromatic heterocycles.